The van der Waals surface area contributed by atoms with Crippen LogP contribution in [0.25, 0.3) is 0 Å². The SMILES string of the molecule is O=C1CCC(c2ccc(O)cc2)N1CCN1CCOCC1. The van der Waals surface area contributed by atoms with Crippen LogP contribution in [0.3, 0.4) is 0 Å². The zero-order valence-electron chi connectivity index (χ0n) is 12.2. The molecule has 1 N–H and O–H groups in total. The zero-order chi connectivity index (χ0) is 14.7. The molecule has 2 aliphatic rings. The van der Waals surface area contributed by atoms with E-state index in [1.807, 2.05) is 17.0 Å². The average molecular weight is 290 g/mol. The minimum Gasteiger partial charge on any atom is -0.508 e. The van der Waals surface area contributed by atoms with Crippen LogP contribution in [0.2, 0.25) is 0 Å². The van der Waals surface area contributed by atoms with Crippen molar-refractivity contribution in [3.8, 4) is 5.75 Å². The van der Waals surface area contributed by atoms with Crippen LogP contribution in [0.15, 0.2) is 24.3 Å². The number of carbonyl (C=O) groups is 1. The molecule has 2 heterocycles. The van der Waals surface area contributed by atoms with Crippen LogP contribution in [-0.2, 0) is 9.53 Å². The summed E-state index contributed by atoms with van der Waals surface area (Å²) < 4.78 is 5.35. The van der Waals surface area contributed by atoms with Crippen molar-refractivity contribution in [3.63, 3.8) is 0 Å². The van der Waals surface area contributed by atoms with E-state index in [-0.39, 0.29) is 17.7 Å². The van der Waals surface area contributed by atoms with Gasteiger partial charge in [0, 0.05) is 32.6 Å². The molecule has 0 saturated carbocycles. The zero-order valence-corrected chi connectivity index (χ0v) is 12.2. The fraction of sp³-hybridized carbons (Fsp3) is 0.562. The van der Waals surface area contributed by atoms with Gasteiger partial charge >= 0.3 is 0 Å². The van der Waals surface area contributed by atoms with Crippen molar-refractivity contribution in [1.29, 1.82) is 0 Å². The van der Waals surface area contributed by atoms with E-state index in [1.165, 1.54) is 0 Å². The highest BCUT2D eigenvalue weighted by Crippen LogP contribution is 2.33. The summed E-state index contributed by atoms with van der Waals surface area (Å²) in [7, 11) is 0. The van der Waals surface area contributed by atoms with E-state index in [4.69, 9.17) is 4.74 Å². The highest BCUT2D eigenvalue weighted by atomic mass is 16.5. The van der Waals surface area contributed by atoms with E-state index < -0.39 is 0 Å². The Balaban J connectivity index is 1.63. The minimum absolute atomic E-state index is 0.152. The van der Waals surface area contributed by atoms with Crippen LogP contribution in [0, 0.1) is 0 Å². The third-order valence-electron chi connectivity index (χ3n) is 4.37. The monoisotopic (exact) mass is 290 g/mol. The molecule has 0 aromatic heterocycles. The number of aromatic hydroxyl groups is 1. The molecule has 5 nitrogen and oxygen atoms in total. The van der Waals surface area contributed by atoms with Crippen molar-refractivity contribution in [1.82, 2.24) is 9.80 Å². The van der Waals surface area contributed by atoms with E-state index in [2.05, 4.69) is 4.90 Å². The largest absolute Gasteiger partial charge is 0.508 e. The molecule has 2 fully saturated rings. The van der Waals surface area contributed by atoms with Crippen LogP contribution in [0.4, 0.5) is 0 Å². The number of benzene rings is 1. The number of likely N-dealkylation sites (tertiary alicyclic amines) is 1. The number of morpholine rings is 1. The number of hydrogen-bond donors (Lipinski definition) is 1. The molecule has 1 atom stereocenters. The lowest BCUT2D eigenvalue weighted by molar-refractivity contribution is -0.129. The maximum absolute atomic E-state index is 12.1. The van der Waals surface area contributed by atoms with Gasteiger partial charge in [0.1, 0.15) is 5.75 Å². The number of hydrogen-bond acceptors (Lipinski definition) is 4. The molecule has 1 unspecified atom stereocenters. The fourth-order valence-electron chi connectivity index (χ4n) is 3.13. The average Bonchev–Trinajstić information content (AvgIpc) is 2.88. The van der Waals surface area contributed by atoms with Crippen LogP contribution in [-0.4, -0.2) is 60.2 Å². The number of ether oxygens (including phenoxy) is 1. The lowest BCUT2D eigenvalue weighted by atomic mass is 10.0. The van der Waals surface area contributed by atoms with Gasteiger partial charge in [0.25, 0.3) is 0 Å². The number of phenols is 1. The molecule has 5 heteroatoms. The second-order valence-electron chi connectivity index (χ2n) is 5.69. The molecule has 1 amide bonds. The van der Waals surface area contributed by atoms with Gasteiger partial charge in [-0.3, -0.25) is 9.69 Å². The number of rotatable bonds is 4. The Bertz CT molecular complexity index is 483. The Kier molecular flexibility index (Phi) is 4.41. The van der Waals surface area contributed by atoms with Crippen molar-refractivity contribution in [2.24, 2.45) is 0 Å². The normalized spacial score (nSPS) is 23.7. The molecule has 114 valence electrons. The van der Waals surface area contributed by atoms with Gasteiger partial charge in [-0.15, -0.1) is 0 Å². The second kappa shape index (κ2) is 6.45. The van der Waals surface area contributed by atoms with Gasteiger partial charge < -0.3 is 14.7 Å². The standard InChI is InChI=1S/C16H22N2O3/c19-14-3-1-13(2-4-14)15-5-6-16(20)18(15)8-7-17-9-11-21-12-10-17/h1-4,15,19H,5-12H2. The molecule has 2 saturated heterocycles. The molecular weight excluding hydrogens is 268 g/mol. The Morgan fingerprint density at radius 2 is 1.86 bits per heavy atom. The first kappa shape index (κ1) is 14.4. The summed E-state index contributed by atoms with van der Waals surface area (Å²) in [4.78, 5) is 16.5. The number of nitrogens with zero attached hydrogens (tertiary/aromatic N) is 2. The molecule has 3 rings (SSSR count). The summed E-state index contributed by atoms with van der Waals surface area (Å²) in [6.45, 7) is 5.15. The molecule has 1 aromatic carbocycles. The summed E-state index contributed by atoms with van der Waals surface area (Å²) in [5, 5.41) is 9.39. The molecule has 1 aromatic rings. The predicted molar refractivity (Wildman–Crippen MR) is 79.1 cm³/mol. The Morgan fingerprint density at radius 1 is 1.14 bits per heavy atom. The van der Waals surface area contributed by atoms with Crippen LogP contribution in [0.1, 0.15) is 24.4 Å². The molecule has 0 radical (unpaired) electrons. The minimum atomic E-state index is 0.152. The van der Waals surface area contributed by atoms with Crippen molar-refractivity contribution >= 4 is 5.91 Å². The summed E-state index contributed by atoms with van der Waals surface area (Å²) >= 11 is 0. The van der Waals surface area contributed by atoms with Crippen molar-refractivity contribution in [2.45, 2.75) is 18.9 Å². The quantitative estimate of drug-likeness (QED) is 0.910. The van der Waals surface area contributed by atoms with E-state index in [0.717, 1.165) is 51.4 Å². The molecule has 0 aliphatic carbocycles. The molecule has 0 bridgehead atoms. The highest BCUT2D eigenvalue weighted by molar-refractivity contribution is 5.79. The third kappa shape index (κ3) is 3.36. The van der Waals surface area contributed by atoms with Crippen molar-refractivity contribution in [2.75, 3.05) is 39.4 Å². The Hall–Kier alpha value is -1.59. The van der Waals surface area contributed by atoms with Gasteiger partial charge in [-0.25, -0.2) is 0 Å². The van der Waals surface area contributed by atoms with Gasteiger partial charge in [0.05, 0.1) is 19.3 Å². The van der Waals surface area contributed by atoms with Crippen LogP contribution in [0.5, 0.6) is 5.75 Å². The molecule has 21 heavy (non-hydrogen) atoms. The van der Waals surface area contributed by atoms with E-state index >= 15 is 0 Å². The lowest BCUT2D eigenvalue weighted by Crippen LogP contribution is -2.42. The Labute approximate surface area is 125 Å². The van der Waals surface area contributed by atoms with E-state index in [0.29, 0.717) is 6.42 Å². The third-order valence-corrected chi connectivity index (χ3v) is 4.37. The van der Waals surface area contributed by atoms with Gasteiger partial charge in [-0.05, 0) is 24.1 Å². The van der Waals surface area contributed by atoms with Crippen molar-refractivity contribution < 1.29 is 14.6 Å². The number of amides is 1. The molecule has 2 aliphatic heterocycles. The summed E-state index contributed by atoms with van der Waals surface area (Å²) in [5.41, 5.74) is 1.11. The topological polar surface area (TPSA) is 53.0 Å². The van der Waals surface area contributed by atoms with Gasteiger partial charge in [-0.1, -0.05) is 12.1 Å². The second-order valence-corrected chi connectivity index (χ2v) is 5.69. The summed E-state index contributed by atoms with van der Waals surface area (Å²) in [6, 6.07) is 7.37. The van der Waals surface area contributed by atoms with Gasteiger partial charge in [-0.2, -0.15) is 0 Å². The Morgan fingerprint density at radius 3 is 2.57 bits per heavy atom. The lowest BCUT2D eigenvalue weighted by Gasteiger charge is -2.31. The van der Waals surface area contributed by atoms with Crippen LogP contribution < -0.4 is 0 Å². The van der Waals surface area contributed by atoms with Crippen molar-refractivity contribution in [3.05, 3.63) is 29.8 Å². The van der Waals surface area contributed by atoms with E-state index in [1.54, 1.807) is 12.1 Å². The van der Waals surface area contributed by atoms with E-state index in [9.17, 15) is 9.90 Å². The maximum Gasteiger partial charge on any atom is 0.223 e. The molecular formula is C16H22N2O3. The smallest absolute Gasteiger partial charge is 0.223 e. The van der Waals surface area contributed by atoms with Crippen LogP contribution >= 0.6 is 0 Å². The summed E-state index contributed by atoms with van der Waals surface area (Å²) in [6.07, 6.45) is 1.49. The first-order valence-electron chi connectivity index (χ1n) is 7.62. The maximum atomic E-state index is 12.1. The number of carbonyl (C=O) groups excluding carboxylic acids is 1. The molecule has 0 spiro atoms. The van der Waals surface area contributed by atoms with Gasteiger partial charge in [0.2, 0.25) is 5.91 Å². The highest BCUT2D eigenvalue weighted by Gasteiger charge is 2.32. The first-order chi connectivity index (χ1) is 10.2. The van der Waals surface area contributed by atoms with Gasteiger partial charge in [0.15, 0.2) is 0 Å². The fourth-order valence-corrected chi connectivity index (χ4v) is 3.13. The summed E-state index contributed by atoms with van der Waals surface area (Å²) in [5.74, 6) is 0.504. The first-order valence-corrected chi connectivity index (χ1v) is 7.62. The predicted octanol–water partition coefficient (Wildman–Crippen LogP) is 1.39. The number of phenolic OH excluding ortho intramolecular Hbond substituents is 1.